The topological polar surface area (TPSA) is 216 Å². The summed E-state index contributed by atoms with van der Waals surface area (Å²) in [6, 6.07) is 46.3. The van der Waals surface area contributed by atoms with Crippen molar-refractivity contribution < 1.29 is 85.1 Å². The van der Waals surface area contributed by atoms with E-state index in [1.807, 2.05) is 72.8 Å². The van der Waals surface area contributed by atoms with Gasteiger partial charge in [-0.2, -0.15) is 10.2 Å². The molecule has 8 aromatic rings. The van der Waals surface area contributed by atoms with E-state index in [1.54, 1.807) is 60.7 Å². The molecule has 0 aliphatic rings. The van der Waals surface area contributed by atoms with Crippen LogP contribution in [0.4, 0.5) is 34.1 Å². The van der Waals surface area contributed by atoms with E-state index >= 15 is 0 Å². The Hall–Kier alpha value is -5.10. The van der Waals surface area contributed by atoms with E-state index in [0.29, 0.717) is 22.1 Å². The minimum absolute atomic E-state index is 0. The Kier molecular flexibility index (Phi) is 13.5. The van der Waals surface area contributed by atoms with E-state index in [0.717, 1.165) is 45.5 Å². The molecule has 60 heavy (non-hydrogen) atoms. The molecule has 0 fully saturated rings. The van der Waals surface area contributed by atoms with Crippen LogP contribution >= 0.6 is 0 Å². The van der Waals surface area contributed by atoms with Gasteiger partial charge in [0.2, 0.25) is 0 Å². The summed E-state index contributed by atoms with van der Waals surface area (Å²) in [7, 11) is -9.55. The maximum absolute atomic E-state index is 11.9. The molecule has 0 radical (unpaired) electrons. The third-order valence-corrected chi connectivity index (χ3v) is 11.4. The maximum Gasteiger partial charge on any atom is 1.00 e. The fourth-order valence-corrected chi connectivity index (χ4v) is 8.06. The van der Waals surface area contributed by atoms with Gasteiger partial charge < -0.3 is 20.6 Å². The minimum atomic E-state index is -4.77. The van der Waals surface area contributed by atoms with Crippen molar-refractivity contribution in [1.29, 1.82) is 0 Å². The zero-order valence-corrected chi connectivity index (χ0v) is 37.9. The van der Waals surface area contributed by atoms with Gasteiger partial charge in [-0.05, 0) is 69.8 Å². The average molecular weight is 849 g/mol. The second kappa shape index (κ2) is 18.3. The second-order valence-corrected chi connectivity index (χ2v) is 16.0. The Morgan fingerprint density at radius 2 is 0.617 bits per heavy atom. The van der Waals surface area contributed by atoms with Gasteiger partial charge in [-0.25, -0.2) is 16.8 Å². The Labute approximate surface area is 390 Å². The summed E-state index contributed by atoms with van der Waals surface area (Å²) in [5, 5.41) is 18.1. The molecule has 8 rings (SSSR count). The van der Waals surface area contributed by atoms with Crippen LogP contribution in [0.25, 0.3) is 54.9 Å². The van der Waals surface area contributed by atoms with Crippen LogP contribution in [0.2, 0.25) is 0 Å². The summed E-state index contributed by atoms with van der Waals surface area (Å²) < 4.78 is 71.7. The number of hydrogen-bond donors (Lipinski definition) is 2. The zero-order valence-electron chi connectivity index (χ0n) is 32.2. The molecular formula is C44H30N6Na2O6S2. The van der Waals surface area contributed by atoms with Crippen molar-refractivity contribution in [1.82, 2.24) is 0 Å². The Morgan fingerprint density at radius 1 is 0.367 bits per heavy atom. The molecule has 0 heterocycles. The van der Waals surface area contributed by atoms with E-state index in [1.165, 1.54) is 12.1 Å². The summed E-state index contributed by atoms with van der Waals surface area (Å²) in [6.07, 6.45) is 0. The van der Waals surface area contributed by atoms with Crippen LogP contribution in [-0.4, -0.2) is 25.9 Å². The van der Waals surface area contributed by atoms with Gasteiger partial charge in [0.15, 0.2) is 0 Å². The van der Waals surface area contributed by atoms with Gasteiger partial charge in [0.25, 0.3) is 0 Å². The van der Waals surface area contributed by atoms with Gasteiger partial charge in [0.1, 0.15) is 31.6 Å². The van der Waals surface area contributed by atoms with Gasteiger partial charge in [-0.1, -0.05) is 121 Å². The molecule has 8 aromatic carbocycles. The van der Waals surface area contributed by atoms with Crippen LogP contribution < -0.4 is 70.6 Å². The first-order valence-corrected chi connectivity index (χ1v) is 20.4. The number of nitrogens with zero attached hydrogens (tertiary/aromatic N) is 4. The number of nitrogens with two attached hydrogens (primary N) is 2. The first-order chi connectivity index (χ1) is 27.8. The molecule has 4 N–H and O–H groups in total. The normalized spacial score (nSPS) is 11.8. The monoisotopic (exact) mass is 848 g/mol. The van der Waals surface area contributed by atoms with E-state index in [-0.39, 0.29) is 92.6 Å². The fourth-order valence-electron chi connectivity index (χ4n) is 6.65. The van der Waals surface area contributed by atoms with Crippen molar-refractivity contribution in [3.05, 3.63) is 158 Å². The van der Waals surface area contributed by atoms with E-state index in [2.05, 4.69) is 20.5 Å². The first-order valence-electron chi connectivity index (χ1n) is 17.6. The predicted molar refractivity (Wildman–Crippen MR) is 224 cm³/mol. The van der Waals surface area contributed by atoms with E-state index in [4.69, 9.17) is 11.5 Å². The minimum Gasteiger partial charge on any atom is -0.744 e. The van der Waals surface area contributed by atoms with Crippen molar-refractivity contribution in [2.24, 2.45) is 20.5 Å². The van der Waals surface area contributed by atoms with Gasteiger partial charge >= 0.3 is 59.1 Å². The van der Waals surface area contributed by atoms with Gasteiger partial charge in [0, 0.05) is 21.5 Å². The molecule has 0 spiro atoms. The van der Waals surface area contributed by atoms with Gasteiger partial charge in [-0.3, -0.25) is 0 Å². The van der Waals surface area contributed by atoms with Gasteiger partial charge in [0.05, 0.1) is 32.5 Å². The number of anilines is 2. The van der Waals surface area contributed by atoms with E-state index < -0.39 is 30.0 Å². The molecule has 12 nitrogen and oxygen atoms in total. The number of rotatable bonds is 9. The molecule has 0 unspecified atom stereocenters. The number of azo groups is 2. The predicted octanol–water partition coefficient (Wildman–Crippen LogP) is 4.81. The quantitative estimate of drug-likeness (QED) is 0.0888. The van der Waals surface area contributed by atoms with Crippen molar-refractivity contribution in [3.8, 4) is 33.4 Å². The fraction of sp³-hybridized carbons (Fsp3) is 0. The number of hydrogen-bond acceptors (Lipinski definition) is 12. The number of nitrogen functional groups attached to an aromatic ring is 2. The summed E-state index contributed by atoms with van der Waals surface area (Å²) >= 11 is 0. The maximum atomic E-state index is 11.9. The summed E-state index contributed by atoms with van der Waals surface area (Å²) in [5.41, 5.74) is 20.1. The third-order valence-electron chi connectivity index (χ3n) is 9.64. The standard InChI is InChI=1S/C44H32N6O6S2.2Na/c45-43-37-7-3-1-5-35(37)41(57(51,52)53)25-39(43)49-47-33-21-17-31(18-22-33)29-13-9-27(10-14-29)28-11-15-30(16-12-28)32-19-23-34(24-20-32)48-50-40-26-42(58(54,55)56)36-6-2-4-8-38(36)44(40)46;;/h1-26H,45-46H2,(H,51,52,53)(H,54,55,56);;/q;2*+1/p-2. The molecule has 0 saturated heterocycles. The van der Waals surface area contributed by atoms with Crippen molar-refractivity contribution in [2.75, 3.05) is 11.5 Å². The summed E-state index contributed by atoms with van der Waals surface area (Å²) in [6.45, 7) is 0. The zero-order chi connectivity index (χ0) is 40.6. The van der Waals surface area contributed by atoms with Crippen LogP contribution in [0.15, 0.2) is 188 Å². The van der Waals surface area contributed by atoms with Crippen molar-refractivity contribution in [3.63, 3.8) is 0 Å². The molecule has 0 amide bonds. The van der Waals surface area contributed by atoms with Crippen LogP contribution in [0.3, 0.4) is 0 Å². The molecule has 0 aromatic heterocycles. The molecule has 0 aliphatic carbocycles. The van der Waals surface area contributed by atoms with Crippen LogP contribution in [0.5, 0.6) is 0 Å². The number of benzene rings is 8. The summed E-state index contributed by atoms with van der Waals surface area (Å²) in [4.78, 5) is -0.805. The van der Waals surface area contributed by atoms with Crippen LogP contribution in [0, 0.1) is 0 Å². The Bertz CT molecular complexity index is 2950. The molecular weight excluding hydrogens is 819 g/mol. The molecule has 0 aliphatic heterocycles. The molecule has 0 saturated carbocycles. The van der Waals surface area contributed by atoms with Crippen molar-refractivity contribution >= 4 is 75.9 Å². The van der Waals surface area contributed by atoms with Crippen molar-refractivity contribution in [2.45, 2.75) is 9.79 Å². The first kappa shape index (κ1) is 44.5. The summed E-state index contributed by atoms with van der Waals surface area (Å²) in [5.74, 6) is 0. The molecule has 286 valence electrons. The molecule has 16 heteroatoms. The SMILES string of the molecule is Nc1c(N=Nc2ccc(-c3ccc(-c4ccc(-c5ccc(N=Nc6cc(S(=O)(=O)[O-])c7ccccc7c6N)cc5)cc4)cc3)cc2)cc(S(=O)(=O)[O-])c2ccccc12.[Na+].[Na+]. The second-order valence-electron chi connectivity index (χ2n) is 13.3. The van der Waals surface area contributed by atoms with Crippen LogP contribution in [-0.2, 0) is 20.2 Å². The smallest absolute Gasteiger partial charge is 0.744 e. The molecule has 0 bridgehead atoms. The largest absolute Gasteiger partial charge is 1.00 e. The van der Waals surface area contributed by atoms with E-state index in [9.17, 15) is 25.9 Å². The van der Waals surface area contributed by atoms with Gasteiger partial charge in [-0.15, -0.1) is 10.2 Å². The third kappa shape index (κ3) is 9.43. The molecule has 0 atom stereocenters. The van der Waals surface area contributed by atoms with Crippen LogP contribution in [0.1, 0.15) is 0 Å². The number of fused-ring (bicyclic) bond motifs is 2. The average Bonchev–Trinajstić information content (AvgIpc) is 3.23. The Morgan fingerprint density at radius 3 is 0.883 bits per heavy atom. The Balaban J connectivity index is 0.00000302.